The molecule has 8 nitrogen and oxygen atoms in total. The molecule has 0 fully saturated rings. The first-order chi connectivity index (χ1) is 11.9. The van der Waals surface area contributed by atoms with Crippen molar-refractivity contribution in [2.24, 2.45) is 0 Å². The van der Waals surface area contributed by atoms with Gasteiger partial charge in [-0.15, -0.1) is 0 Å². The van der Waals surface area contributed by atoms with Gasteiger partial charge in [0.05, 0.1) is 16.6 Å². The molecule has 130 valence electrons. The number of aromatic nitrogens is 4. The maximum Gasteiger partial charge on any atom is 0.328 e. The molecule has 0 aliphatic rings. The van der Waals surface area contributed by atoms with E-state index < -0.39 is 22.0 Å². The molecule has 0 saturated heterocycles. The lowest BCUT2D eigenvalue weighted by atomic mass is 10.4. The summed E-state index contributed by atoms with van der Waals surface area (Å²) in [6.07, 6.45) is 1.35. The maximum atomic E-state index is 12.3. The van der Waals surface area contributed by atoms with Crippen molar-refractivity contribution in [3.05, 3.63) is 73.1 Å². The molecule has 2 aromatic heterocycles. The van der Waals surface area contributed by atoms with E-state index in [9.17, 15) is 13.8 Å². The monoisotopic (exact) mass is 424 g/mol. The number of benzene rings is 1. The van der Waals surface area contributed by atoms with Crippen LogP contribution in [0.4, 0.5) is 0 Å². The van der Waals surface area contributed by atoms with Crippen LogP contribution in [-0.2, 0) is 23.1 Å². The SMILES string of the molecule is Cc1c[nH]c(=O)n(Cc2nc(CS(=O)c3ccc(Br)cc3)no2)c1=O. The van der Waals surface area contributed by atoms with E-state index >= 15 is 0 Å². The Morgan fingerprint density at radius 1 is 1.28 bits per heavy atom. The predicted octanol–water partition coefficient (Wildman–Crippen LogP) is 1.35. The summed E-state index contributed by atoms with van der Waals surface area (Å²) in [6, 6.07) is 7.08. The number of aryl methyl sites for hydroxylation is 1. The van der Waals surface area contributed by atoms with E-state index in [0.29, 0.717) is 10.5 Å². The van der Waals surface area contributed by atoms with Gasteiger partial charge in [0.2, 0.25) is 5.89 Å². The van der Waals surface area contributed by atoms with Crippen molar-refractivity contribution in [3.8, 4) is 0 Å². The van der Waals surface area contributed by atoms with Gasteiger partial charge in [0.1, 0.15) is 6.54 Å². The molecule has 25 heavy (non-hydrogen) atoms. The fourth-order valence-corrected chi connectivity index (χ4v) is 3.32. The van der Waals surface area contributed by atoms with Gasteiger partial charge in [-0.1, -0.05) is 21.1 Å². The highest BCUT2D eigenvalue weighted by Crippen LogP contribution is 2.15. The van der Waals surface area contributed by atoms with Crippen LogP contribution in [0.3, 0.4) is 0 Å². The molecular weight excluding hydrogens is 412 g/mol. The number of hydrogen-bond acceptors (Lipinski definition) is 6. The molecule has 0 spiro atoms. The summed E-state index contributed by atoms with van der Waals surface area (Å²) < 4.78 is 19.2. The molecule has 0 radical (unpaired) electrons. The van der Waals surface area contributed by atoms with Gasteiger partial charge >= 0.3 is 5.69 Å². The van der Waals surface area contributed by atoms with E-state index in [-0.39, 0.29) is 24.0 Å². The number of H-pyrrole nitrogens is 1. The van der Waals surface area contributed by atoms with Crippen molar-refractivity contribution in [2.45, 2.75) is 24.1 Å². The Balaban J connectivity index is 1.76. The van der Waals surface area contributed by atoms with Crippen LogP contribution in [0.1, 0.15) is 17.3 Å². The van der Waals surface area contributed by atoms with Gasteiger partial charge in [-0.2, -0.15) is 4.98 Å². The van der Waals surface area contributed by atoms with E-state index in [2.05, 4.69) is 31.1 Å². The largest absolute Gasteiger partial charge is 0.337 e. The van der Waals surface area contributed by atoms with E-state index in [4.69, 9.17) is 4.52 Å². The minimum absolute atomic E-state index is 0.0736. The highest BCUT2D eigenvalue weighted by molar-refractivity contribution is 9.10. The second kappa shape index (κ2) is 7.28. The zero-order valence-corrected chi connectivity index (χ0v) is 15.5. The molecule has 0 saturated carbocycles. The average molecular weight is 425 g/mol. The van der Waals surface area contributed by atoms with Gasteiger partial charge in [-0.25, -0.2) is 4.79 Å². The van der Waals surface area contributed by atoms with Crippen molar-refractivity contribution in [1.82, 2.24) is 19.7 Å². The lowest BCUT2D eigenvalue weighted by Gasteiger charge is -2.01. The Labute approximate surface area is 152 Å². The molecule has 1 N–H and O–H groups in total. The third-order valence-electron chi connectivity index (χ3n) is 3.38. The van der Waals surface area contributed by atoms with Gasteiger partial charge in [0.15, 0.2) is 5.82 Å². The van der Waals surface area contributed by atoms with Gasteiger partial charge < -0.3 is 9.51 Å². The van der Waals surface area contributed by atoms with Gasteiger partial charge in [-0.05, 0) is 31.2 Å². The molecule has 10 heteroatoms. The highest BCUT2D eigenvalue weighted by atomic mass is 79.9. The van der Waals surface area contributed by atoms with Crippen LogP contribution in [0, 0.1) is 6.92 Å². The molecule has 0 aliphatic heterocycles. The molecule has 1 atom stereocenters. The topological polar surface area (TPSA) is 111 Å². The Morgan fingerprint density at radius 3 is 2.72 bits per heavy atom. The van der Waals surface area contributed by atoms with Crippen LogP contribution in [0.15, 0.2) is 53.9 Å². The molecule has 0 aliphatic carbocycles. The molecule has 3 aromatic rings. The predicted molar refractivity (Wildman–Crippen MR) is 93.7 cm³/mol. The highest BCUT2D eigenvalue weighted by Gasteiger charge is 2.14. The van der Waals surface area contributed by atoms with E-state index in [1.807, 2.05) is 0 Å². The molecule has 2 heterocycles. The maximum absolute atomic E-state index is 12.3. The quantitative estimate of drug-likeness (QED) is 0.661. The van der Waals surface area contributed by atoms with Crippen molar-refractivity contribution in [2.75, 3.05) is 0 Å². The number of hydrogen-bond donors (Lipinski definition) is 1. The normalized spacial score (nSPS) is 12.2. The summed E-state index contributed by atoms with van der Waals surface area (Å²) in [5, 5.41) is 3.76. The van der Waals surface area contributed by atoms with Crippen LogP contribution >= 0.6 is 15.9 Å². The Morgan fingerprint density at radius 2 is 2.00 bits per heavy atom. The first-order valence-electron chi connectivity index (χ1n) is 7.18. The second-order valence-electron chi connectivity index (χ2n) is 5.22. The van der Waals surface area contributed by atoms with Crippen molar-refractivity contribution >= 4 is 26.7 Å². The summed E-state index contributed by atoms with van der Waals surface area (Å²) in [7, 11) is -1.33. The fraction of sp³-hybridized carbons (Fsp3) is 0.200. The van der Waals surface area contributed by atoms with Crippen LogP contribution in [-0.4, -0.2) is 23.9 Å². The first kappa shape index (κ1) is 17.5. The standard InChI is InChI=1S/C15H13BrN4O4S/c1-9-6-17-15(22)20(14(9)21)7-13-18-12(19-24-13)8-25(23)11-4-2-10(16)3-5-11/h2-6H,7-8H2,1H3,(H,17,22). The van der Waals surface area contributed by atoms with E-state index in [1.54, 1.807) is 31.2 Å². The van der Waals surface area contributed by atoms with Crippen molar-refractivity contribution in [3.63, 3.8) is 0 Å². The first-order valence-corrected chi connectivity index (χ1v) is 9.30. The van der Waals surface area contributed by atoms with Crippen LogP contribution < -0.4 is 11.2 Å². The number of nitrogens with zero attached hydrogens (tertiary/aromatic N) is 3. The summed E-state index contributed by atoms with van der Waals surface area (Å²) in [6.45, 7) is 1.45. The average Bonchev–Trinajstić information content (AvgIpc) is 3.03. The second-order valence-corrected chi connectivity index (χ2v) is 7.58. The summed E-state index contributed by atoms with van der Waals surface area (Å²) in [5.74, 6) is 0.416. The Kier molecular flexibility index (Phi) is 5.09. The molecule has 3 rings (SSSR count). The lowest BCUT2D eigenvalue weighted by molar-refractivity contribution is 0.363. The smallest absolute Gasteiger partial charge is 0.328 e. The molecule has 1 unspecified atom stereocenters. The molecular formula is C15H13BrN4O4S. The summed E-state index contributed by atoms with van der Waals surface area (Å²) >= 11 is 3.32. The van der Waals surface area contributed by atoms with Gasteiger partial charge in [0, 0.05) is 21.1 Å². The zero-order chi connectivity index (χ0) is 18.0. The zero-order valence-electron chi connectivity index (χ0n) is 13.1. The number of nitrogens with one attached hydrogen (secondary N) is 1. The number of halogens is 1. The fourth-order valence-electron chi connectivity index (χ4n) is 2.09. The molecule has 0 bridgehead atoms. The third-order valence-corrected chi connectivity index (χ3v) is 5.23. The summed E-state index contributed by atoms with van der Waals surface area (Å²) in [5.41, 5.74) is -0.591. The van der Waals surface area contributed by atoms with Crippen LogP contribution in [0.25, 0.3) is 0 Å². The van der Waals surface area contributed by atoms with Gasteiger partial charge in [-0.3, -0.25) is 13.6 Å². The van der Waals surface area contributed by atoms with Crippen LogP contribution in [0.5, 0.6) is 0 Å². The van der Waals surface area contributed by atoms with Crippen LogP contribution in [0.2, 0.25) is 0 Å². The van der Waals surface area contributed by atoms with Crippen molar-refractivity contribution < 1.29 is 8.73 Å². The van der Waals surface area contributed by atoms with E-state index in [1.165, 1.54) is 6.20 Å². The molecule has 1 aromatic carbocycles. The number of rotatable bonds is 5. The summed E-state index contributed by atoms with van der Waals surface area (Å²) in [4.78, 5) is 31.0. The minimum Gasteiger partial charge on any atom is -0.337 e. The Hall–Kier alpha value is -2.33. The molecule has 0 amide bonds. The van der Waals surface area contributed by atoms with E-state index in [0.717, 1.165) is 9.04 Å². The third kappa shape index (κ3) is 4.02. The van der Waals surface area contributed by atoms with Gasteiger partial charge in [0.25, 0.3) is 5.56 Å². The van der Waals surface area contributed by atoms with Crippen molar-refractivity contribution in [1.29, 1.82) is 0 Å². The minimum atomic E-state index is -1.33. The Bertz CT molecular complexity index is 1040. The lowest BCUT2D eigenvalue weighted by Crippen LogP contribution is -2.36. The number of aromatic amines is 1.